The molecule has 1 aliphatic heterocycles. The van der Waals surface area contributed by atoms with Crippen LogP contribution in [-0.2, 0) is 65.5 Å². The van der Waals surface area contributed by atoms with E-state index in [1.54, 1.807) is 156 Å². The van der Waals surface area contributed by atoms with E-state index in [1.807, 2.05) is 0 Å². The Morgan fingerprint density at radius 1 is 0.782 bits per heavy atom. The maximum atomic E-state index is 16.2. The number of esters is 2. The van der Waals surface area contributed by atoms with Crippen LogP contribution in [0.25, 0.3) is 0 Å². The Morgan fingerprint density at radius 2 is 1.33 bits per heavy atom. The minimum absolute atomic E-state index is 0.0560. The van der Waals surface area contributed by atoms with Crippen molar-refractivity contribution in [3.8, 4) is 0 Å². The van der Waals surface area contributed by atoms with Gasteiger partial charge in [-0.25, -0.2) is 19.2 Å². The van der Waals surface area contributed by atoms with Crippen molar-refractivity contribution in [2.75, 3.05) is 6.61 Å². The number of carbonyl (C=O) groups is 7. The fraction of sp³-hybridized carbons (Fsp3) is 0.450. The molecule has 414 valence electrons. The topological polar surface area (TPSA) is 246 Å². The third-order valence-corrected chi connectivity index (χ3v) is 15.9. The summed E-state index contributed by atoms with van der Waals surface area (Å²) in [5.74, 6) is -6.34. The molecule has 78 heavy (non-hydrogen) atoms. The van der Waals surface area contributed by atoms with Crippen LogP contribution in [0, 0.1) is 22.7 Å². The number of aliphatic hydroxyl groups is 2. The summed E-state index contributed by atoms with van der Waals surface area (Å²) < 4.78 is 47.5. The van der Waals surface area contributed by atoms with Crippen LogP contribution in [0.2, 0.25) is 0 Å². The summed E-state index contributed by atoms with van der Waals surface area (Å²) in [6, 6.07) is 32.1. The van der Waals surface area contributed by atoms with Gasteiger partial charge in [0.05, 0.1) is 23.7 Å². The lowest BCUT2D eigenvalue weighted by atomic mass is 9.42. The van der Waals surface area contributed by atoms with Crippen molar-refractivity contribution in [1.29, 1.82) is 0 Å². The van der Waals surface area contributed by atoms with Gasteiger partial charge in [0, 0.05) is 49.0 Å². The largest absolute Gasteiger partial charge is 0.509 e. The molecule has 18 nitrogen and oxygen atoms in total. The van der Waals surface area contributed by atoms with Crippen molar-refractivity contribution in [3.63, 3.8) is 0 Å². The molecule has 0 spiro atoms. The normalized spacial score (nSPS) is 27.7. The predicted molar refractivity (Wildman–Crippen MR) is 278 cm³/mol. The summed E-state index contributed by atoms with van der Waals surface area (Å²) in [4.78, 5) is 101. The first-order valence-electron chi connectivity index (χ1n) is 25.9. The average molecular weight is 1070 g/mol. The monoisotopic (exact) mass is 1070 g/mol. The second-order valence-electron chi connectivity index (χ2n) is 22.2. The Morgan fingerprint density at radius 3 is 1.87 bits per heavy atom. The fourth-order valence-corrected chi connectivity index (χ4v) is 12.1. The highest BCUT2D eigenvalue weighted by Crippen LogP contribution is 2.66. The molecular weight excluding hydrogens is 1010 g/mol. The van der Waals surface area contributed by atoms with E-state index in [0.717, 1.165) is 0 Å². The number of aliphatic hydroxyl groups excluding tert-OH is 1. The van der Waals surface area contributed by atoms with E-state index in [1.165, 1.54) is 20.8 Å². The van der Waals surface area contributed by atoms with Gasteiger partial charge in [-0.3, -0.25) is 14.4 Å². The molecule has 4 aliphatic rings. The Hall–Kier alpha value is -7.41. The number of carbonyl (C=O) groups excluding carboxylic acids is 7. The summed E-state index contributed by atoms with van der Waals surface area (Å²) in [6.45, 7) is 11.4. The minimum atomic E-state index is -2.33. The standard InChI is InChI=1S/C60H67NO17/c1-35-43(74-52(66)49(76-55(69)72-33-38-23-15-10-16-24-38)47(40-27-19-12-20-28-40)61-53(67)78-56(3,4)5)31-60(70)41(29-42(63)39-25-17-11-18-26-39)50-58(8,44(64)30-45-59(50,34-73-45)77-36(2)62)51(65)48(46(35)57(60,6)7)75-54(68)71-32-37-21-13-9-14-22-37/h9-28,41,43-45,47-50,64,70H,29-34H2,1-8H3,(H,61,67)/t41-,43-,44-,45+,47-,48+,49+,50?,58+,59-,60+/m0/s1. The molecule has 4 aromatic carbocycles. The van der Waals surface area contributed by atoms with Crippen molar-refractivity contribution in [2.45, 2.75) is 141 Å². The summed E-state index contributed by atoms with van der Waals surface area (Å²) >= 11 is 0. The van der Waals surface area contributed by atoms with Gasteiger partial charge in [-0.05, 0) is 62.5 Å². The van der Waals surface area contributed by atoms with Crippen LogP contribution in [0.1, 0.15) is 108 Å². The van der Waals surface area contributed by atoms with E-state index in [0.29, 0.717) is 11.1 Å². The number of ketones is 2. The molecule has 1 heterocycles. The highest BCUT2D eigenvalue weighted by atomic mass is 16.7. The second-order valence-corrected chi connectivity index (χ2v) is 22.2. The average Bonchev–Trinajstić information content (AvgIpc) is 3.03. The number of hydrogen-bond acceptors (Lipinski definition) is 17. The summed E-state index contributed by atoms with van der Waals surface area (Å²) in [6.07, 6.45) is -13.2. The SMILES string of the molecule is CC(=O)O[C@@]12CO[C@@H]1C[C@H](O)[C@@]1(C)C(=O)[C@H](OC(=O)OCc3ccccc3)C3=C(C)[C@@H](OC(=O)[C@H](OC(=O)OCc4ccccc4)[C@@H](NC(=O)OC(C)(C)C)c4ccccc4)C[C@@](O)([C@@H](CC(=O)c4ccccc4)C12)C3(C)C. The van der Waals surface area contributed by atoms with Gasteiger partial charge in [-0.1, -0.05) is 135 Å². The maximum Gasteiger partial charge on any atom is 0.509 e. The van der Waals surface area contributed by atoms with E-state index in [-0.39, 0.29) is 48.5 Å². The molecule has 2 bridgehead atoms. The van der Waals surface area contributed by atoms with Gasteiger partial charge >= 0.3 is 30.3 Å². The van der Waals surface area contributed by atoms with Crippen LogP contribution < -0.4 is 5.32 Å². The van der Waals surface area contributed by atoms with Crippen LogP contribution in [0.4, 0.5) is 14.4 Å². The first-order chi connectivity index (χ1) is 36.9. The highest BCUT2D eigenvalue weighted by Gasteiger charge is 2.77. The zero-order chi connectivity index (χ0) is 56.4. The minimum Gasteiger partial charge on any atom is -0.455 e. The third kappa shape index (κ3) is 11.3. The molecule has 1 saturated heterocycles. The molecule has 18 heteroatoms. The highest BCUT2D eigenvalue weighted by molar-refractivity contribution is 5.97. The molecule has 0 radical (unpaired) electrons. The Labute approximate surface area is 452 Å². The summed E-state index contributed by atoms with van der Waals surface area (Å²) in [5, 5.41) is 29.4. The predicted octanol–water partition coefficient (Wildman–Crippen LogP) is 8.65. The number of hydrogen-bond donors (Lipinski definition) is 3. The fourth-order valence-electron chi connectivity index (χ4n) is 12.1. The lowest BCUT2D eigenvalue weighted by Crippen LogP contribution is -2.80. The van der Waals surface area contributed by atoms with Crippen molar-refractivity contribution >= 4 is 41.9 Å². The van der Waals surface area contributed by atoms with Gasteiger partial charge in [-0.15, -0.1) is 0 Å². The van der Waals surface area contributed by atoms with E-state index in [2.05, 4.69) is 5.32 Å². The molecular formula is C60H67NO17. The van der Waals surface area contributed by atoms with E-state index >= 15 is 9.59 Å². The number of rotatable bonds is 15. The number of benzene rings is 4. The first kappa shape index (κ1) is 56.8. The number of fused-ring (bicyclic) bond motifs is 5. The van der Waals surface area contributed by atoms with Crippen LogP contribution in [-0.4, -0.2) is 106 Å². The van der Waals surface area contributed by atoms with Crippen molar-refractivity contribution < 1.29 is 81.7 Å². The summed E-state index contributed by atoms with van der Waals surface area (Å²) in [7, 11) is 0. The molecule has 3 N–H and O–H groups in total. The molecule has 2 saturated carbocycles. The second kappa shape index (κ2) is 22.5. The van der Waals surface area contributed by atoms with E-state index in [9.17, 15) is 34.2 Å². The van der Waals surface area contributed by atoms with Gasteiger partial charge in [0.25, 0.3) is 0 Å². The van der Waals surface area contributed by atoms with Crippen molar-refractivity contribution in [1.82, 2.24) is 5.32 Å². The smallest absolute Gasteiger partial charge is 0.455 e. The molecule has 0 aromatic heterocycles. The third-order valence-electron chi connectivity index (χ3n) is 15.9. The number of nitrogens with one attached hydrogen (secondary N) is 1. The van der Waals surface area contributed by atoms with Crippen LogP contribution >= 0.6 is 0 Å². The Kier molecular flexibility index (Phi) is 16.4. The van der Waals surface area contributed by atoms with Crippen molar-refractivity contribution in [2.24, 2.45) is 22.7 Å². The number of ether oxygens (including phenoxy) is 8. The van der Waals surface area contributed by atoms with Gasteiger partial charge in [-0.2, -0.15) is 0 Å². The molecule has 11 atom stereocenters. The molecule has 1 unspecified atom stereocenters. The van der Waals surface area contributed by atoms with Crippen LogP contribution in [0.15, 0.2) is 132 Å². The molecule has 3 fully saturated rings. The zero-order valence-corrected chi connectivity index (χ0v) is 44.9. The quantitative estimate of drug-likeness (QED) is 0.0436. The number of Topliss-reactive ketones (excluding diaryl/α,β-unsaturated/α-hetero) is 2. The lowest BCUT2D eigenvalue weighted by molar-refractivity contribution is -0.339. The maximum absolute atomic E-state index is 16.2. The van der Waals surface area contributed by atoms with Gasteiger partial charge in [0.2, 0.25) is 6.10 Å². The van der Waals surface area contributed by atoms with E-state index in [4.69, 9.17) is 37.9 Å². The van der Waals surface area contributed by atoms with Crippen LogP contribution in [0.5, 0.6) is 0 Å². The first-order valence-corrected chi connectivity index (χ1v) is 25.9. The molecule has 3 aliphatic carbocycles. The van der Waals surface area contributed by atoms with Gasteiger partial charge in [0.1, 0.15) is 37.1 Å². The van der Waals surface area contributed by atoms with Gasteiger partial charge in [0.15, 0.2) is 23.3 Å². The molecule has 1 amide bonds. The summed E-state index contributed by atoms with van der Waals surface area (Å²) in [5.41, 5.74) is -7.17. The van der Waals surface area contributed by atoms with Gasteiger partial charge < -0.3 is 53.4 Å². The lowest BCUT2D eigenvalue weighted by Gasteiger charge is -2.68. The molecule has 4 aromatic rings. The Balaban J connectivity index is 1.30. The number of alkyl carbamates (subject to hydrolysis) is 1. The molecule has 8 rings (SSSR count). The number of amides is 1. The zero-order valence-electron chi connectivity index (χ0n) is 44.9. The van der Waals surface area contributed by atoms with E-state index < -0.39 is 131 Å². The van der Waals surface area contributed by atoms with Crippen molar-refractivity contribution in [3.05, 3.63) is 155 Å². The Bertz CT molecular complexity index is 2910. The van der Waals surface area contributed by atoms with Crippen LogP contribution in [0.3, 0.4) is 0 Å².